The highest BCUT2D eigenvalue weighted by atomic mass is 16.5. The molecular weight excluding hydrogens is 264 g/mol. The molecular formula is C11H18N6O3. The number of imidazole rings is 1. The van der Waals surface area contributed by atoms with Gasteiger partial charge in [-0.2, -0.15) is 0 Å². The van der Waals surface area contributed by atoms with Crippen LogP contribution >= 0.6 is 0 Å². The molecule has 2 aromatic heterocycles. The molecule has 0 spiro atoms. The van der Waals surface area contributed by atoms with Crippen LogP contribution < -0.4 is 11.1 Å². The van der Waals surface area contributed by atoms with Crippen LogP contribution in [0.3, 0.4) is 0 Å². The average Bonchev–Trinajstić information content (AvgIpc) is 2.93. The van der Waals surface area contributed by atoms with Crippen LogP contribution in [0.2, 0.25) is 0 Å². The molecule has 110 valence electrons. The number of hydrogen-bond donors (Lipinski definition) is 5. The monoisotopic (exact) mass is 282 g/mol. The van der Waals surface area contributed by atoms with Gasteiger partial charge in [-0.3, -0.25) is 0 Å². The molecule has 3 unspecified atom stereocenters. The van der Waals surface area contributed by atoms with E-state index in [1.54, 1.807) is 6.33 Å². The van der Waals surface area contributed by atoms with Crippen molar-refractivity contribution in [2.75, 3.05) is 19.0 Å². The Labute approximate surface area is 115 Å². The third kappa shape index (κ3) is 3.02. The average molecular weight is 282 g/mol. The van der Waals surface area contributed by atoms with Crippen molar-refractivity contribution in [1.82, 2.24) is 19.9 Å². The van der Waals surface area contributed by atoms with Gasteiger partial charge in [0.1, 0.15) is 17.9 Å². The number of fused-ring (bicyclic) bond motifs is 1. The van der Waals surface area contributed by atoms with Gasteiger partial charge in [0.05, 0.1) is 12.9 Å². The molecule has 1 fully saturated rings. The molecule has 2 aromatic rings. The third-order valence-electron chi connectivity index (χ3n) is 2.89. The molecule has 1 aliphatic heterocycles. The number of aromatic amines is 1. The molecule has 0 bridgehead atoms. The number of rotatable bonds is 2. The summed E-state index contributed by atoms with van der Waals surface area (Å²) in [5.74, 6) is 0.553. The van der Waals surface area contributed by atoms with E-state index in [0.717, 1.165) is 7.11 Å². The van der Waals surface area contributed by atoms with Crippen molar-refractivity contribution in [2.24, 2.45) is 5.73 Å². The van der Waals surface area contributed by atoms with Gasteiger partial charge < -0.3 is 31.0 Å². The van der Waals surface area contributed by atoms with Crippen molar-refractivity contribution in [3.05, 3.63) is 12.7 Å². The Balaban J connectivity index is 0.000000704. The standard InChI is InChI=1S/C10H14N6O2.CH4O/c11-5-1-6(17)10(18-2-5)16-9-7-8(13-3-12-7)14-4-15-9;1-2/h3-6,10,17H,1-2,11H2,(H2,12,13,14,15,16);2H,1H3. The second-order valence-corrected chi connectivity index (χ2v) is 4.28. The maximum Gasteiger partial charge on any atom is 0.182 e. The van der Waals surface area contributed by atoms with E-state index in [1.807, 2.05) is 0 Å². The Morgan fingerprint density at radius 1 is 1.40 bits per heavy atom. The zero-order valence-electron chi connectivity index (χ0n) is 11.0. The number of aliphatic hydroxyl groups excluding tert-OH is 2. The predicted molar refractivity (Wildman–Crippen MR) is 71.8 cm³/mol. The first kappa shape index (κ1) is 14.6. The van der Waals surface area contributed by atoms with Crippen LogP contribution in [0.25, 0.3) is 11.2 Å². The van der Waals surface area contributed by atoms with Crippen LogP contribution in [0.4, 0.5) is 5.82 Å². The molecule has 0 amide bonds. The maximum absolute atomic E-state index is 9.89. The Morgan fingerprint density at radius 3 is 2.95 bits per heavy atom. The summed E-state index contributed by atoms with van der Waals surface area (Å²) in [5.41, 5.74) is 6.95. The molecule has 20 heavy (non-hydrogen) atoms. The molecule has 3 rings (SSSR count). The summed E-state index contributed by atoms with van der Waals surface area (Å²) in [7, 11) is 1.00. The summed E-state index contributed by atoms with van der Waals surface area (Å²) < 4.78 is 5.45. The second-order valence-electron chi connectivity index (χ2n) is 4.28. The van der Waals surface area contributed by atoms with Crippen LogP contribution in [0.15, 0.2) is 12.7 Å². The molecule has 3 heterocycles. The quantitative estimate of drug-likeness (QED) is 0.462. The largest absolute Gasteiger partial charge is 0.400 e. The lowest BCUT2D eigenvalue weighted by atomic mass is 10.1. The number of hydrogen-bond acceptors (Lipinski definition) is 8. The van der Waals surface area contributed by atoms with Gasteiger partial charge in [-0.05, 0) is 6.42 Å². The fourth-order valence-electron chi connectivity index (χ4n) is 1.99. The first-order valence-corrected chi connectivity index (χ1v) is 6.14. The first-order chi connectivity index (χ1) is 9.74. The summed E-state index contributed by atoms with van der Waals surface area (Å²) >= 11 is 0. The number of nitrogens with two attached hydrogens (primary N) is 1. The van der Waals surface area contributed by atoms with Gasteiger partial charge in [-0.25, -0.2) is 15.0 Å². The lowest BCUT2D eigenvalue weighted by Crippen LogP contribution is -2.48. The van der Waals surface area contributed by atoms with E-state index in [2.05, 4.69) is 25.3 Å². The van der Waals surface area contributed by atoms with E-state index >= 15 is 0 Å². The molecule has 0 saturated carbocycles. The number of anilines is 1. The molecule has 1 aliphatic rings. The van der Waals surface area contributed by atoms with E-state index in [9.17, 15) is 5.11 Å². The van der Waals surface area contributed by atoms with Crippen LogP contribution in [0, 0.1) is 0 Å². The topological polar surface area (TPSA) is 142 Å². The van der Waals surface area contributed by atoms with Crippen LogP contribution in [0.5, 0.6) is 0 Å². The Kier molecular flexibility index (Phi) is 4.79. The zero-order chi connectivity index (χ0) is 14.5. The molecule has 0 aliphatic carbocycles. The van der Waals surface area contributed by atoms with Crippen LogP contribution in [-0.4, -0.2) is 62.2 Å². The minimum atomic E-state index is -0.665. The van der Waals surface area contributed by atoms with Crippen molar-refractivity contribution in [1.29, 1.82) is 0 Å². The highest BCUT2D eigenvalue weighted by Crippen LogP contribution is 2.19. The number of aromatic nitrogens is 4. The predicted octanol–water partition coefficient (Wildman–Crippen LogP) is -1.19. The van der Waals surface area contributed by atoms with Crippen molar-refractivity contribution in [2.45, 2.75) is 24.8 Å². The Morgan fingerprint density at radius 2 is 2.20 bits per heavy atom. The van der Waals surface area contributed by atoms with Crippen molar-refractivity contribution >= 4 is 17.0 Å². The van der Waals surface area contributed by atoms with Gasteiger partial charge in [0.15, 0.2) is 17.7 Å². The molecule has 1 saturated heterocycles. The normalized spacial score (nSPS) is 25.9. The molecule has 9 nitrogen and oxygen atoms in total. The SMILES string of the molecule is CO.NC1COC(Nc2ncnc3nc[nH]c23)C(O)C1. The van der Waals surface area contributed by atoms with E-state index < -0.39 is 12.3 Å². The number of nitrogens with one attached hydrogen (secondary N) is 2. The summed E-state index contributed by atoms with van der Waals surface area (Å²) in [4.78, 5) is 15.1. The number of aliphatic hydroxyl groups is 2. The lowest BCUT2D eigenvalue weighted by Gasteiger charge is -2.32. The van der Waals surface area contributed by atoms with Crippen molar-refractivity contribution < 1.29 is 14.9 Å². The van der Waals surface area contributed by atoms with Gasteiger partial charge >= 0.3 is 0 Å². The second kappa shape index (κ2) is 6.57. The van der Waals surface area contributed by atoms with Crippen LogP contribution in [0.1, 0.15) is 6.42 Å². The van der Waals surface area contributed by atoms with Gasteiger partial charge in [0.2, 0.25) is 0 Å². The van der Waals surface area contributed by atoms with Crippen LogP contribution in [-0.2, 0) is 4.74 Å². The van der Waals surface area contributed by atoms with Gasteiger partial charge in [0.25, 0.3) is 0 Å². The van der Waals surface area contributed by atoms with Crippen molar-refractivity contribution in [3.63, 3.8) is 0 Å². The van der Waals surface area contributed by atoms with E-state index in [-0.39, 0.29) is 6.04 Å². The minimum absolute atomic E-state index is 0.129. The van der Waals surface area contributed by atoms with E-state index in [4.69, 9.17) is 15.6 Å². The smallest absolute Gasteiger partial charge is 0.182 e. The molecule has 3 atom stereocenters. The number of ether oxygens (including phenoxy) is 1. The maximum atomic E-state index is 9.89. The van der Waals surface area contributed by atoms with E-state index in [1.165, 1.54) is 6.33 Å². The number of nitrogens with zero attached hydrogens (tertiary/aromatic N) is 3. The van der Waals surface area contributed by atoms with Gasteiger partial charge in [-0.1, -0.05) is 0 Å². The molecule has 9 heteroatoms. The Hall–Kier alpha value is -1.81. The summed E-state index contributed by atoms with van der Waals surface area (Å²) in [6.07, 6.45) is 2.26. The fraction of sp³-hybridized carbons (Fsp3) is 0.545. The van der Waals surface area contributed by atoms with Gasteiger partial charge in [-0.15, -0.1) is 0 Å². The zero-order valence-corrected chi connectivity index (χ0v) is 11.0. The minimum Gasteiger partial charge on any atom is -0.400 e. The summed E-state index contributed by atoms with van der Waals surface area (Å²) in [6, 6.07) is -0.129. The molecule has 6 N–H and O–H groups in total. The molecule has 0 radical (unpaired) electrons. The molecule has 0 aromatic carbocycles. The Bertz CT molecular complexity index is 548. The fourth-order valence-corrected chi connectivity index (χ4v) is 1.99. The third-order valence-corrected chi connectivity index (χ3v) is 2.89. The van der Waals surface area contributed by atoms with Gasteiger partial charge in [0, 0.05) is 13.2 Å². The summed E-state index contributed by atoms with van der Waals surface area (Å²) in [5, 5.41) is 19.9. The lowest BCUT2D eigenvalue weighted by molar-refractivity contribution is -0.0669. The highest BCUT2D eigenvalue weighted by Gasteiger charge is 2.28. The first-order valence-electron chi connectivity index (χ1n) is 6.14. The van der Waals surface area contributed by atoms with Crippen molar-refractivity contribution in [3.8, 4) is 0 Å². The van der Waals surface area contributed by atoms with E-state index in [0.29, 0.717) is 30.0 Å². The summed E-state index contributed by atoms with van der Waals surface area (Å²) in [6.45, 7) is 0.409. The number of H-pyrrole nitrogens is 1. The highest BCUT2D eigenvalue weighted by molar-refractivity contribution is 5.81.